The molecular formula is C22H24O. The number of phenols is 1. The van der Waals surface area contributed by atoms with E-state index in [1.165, 1.54) is 29.5 Å². The summed E-state index contributed by atoms with van der Waals surface area (Å²) in [7, 11) is 0. The van der Waals surface area contributed by atoms with Crippen LogP contribution < -0.4 is 0 Å². The third-order valence-electron chi connectivity index (χ3n) is 6.28. The number of hydrogen-bond donors (Lipinski definition) is 1. The van der Waals surface area contributed by atoms with E-state index in [9.17, 15) is 5.11 Å². The fourth-order valence-electron chi connectivity index (χ4n) is 5.04. The molecule has 0 spiro atoms. The molecule has 118 valence electrons. The largest absolute Gasteiger partial charge is 0.508 e. The third kappa shape index (κ3) is 2.16. The molecule has 0 amide bonds. The molecule has 0 bridgehead atoms. The monoisotopic (exact) mass is 304 g/mol. The second-order valence-electron chi connectivity index (χ2n) is 7.43. The van der Waals surface area contributed by atoms with Crippen LogP contribution in [0.4, 0.5) is 0 Å². The van der Waals surface area contributed by atoms with Gasteiger partial charge >= 0.3 is 0 Å². The minimum atomic E-state index is 0.252. The van der Waals surface area contributed by atoms with Crippen LogP contribution in [0.2, 0.25) is 0 Å². The number of allylic oxidation sites excluding steroid dienone is 3. The zero-order valence-corrected chi connectivity index (χ0v) is 14.0. The van der Waals surface area contributed by atoms with Crippen LogP contribution in [-0.4, -0.2) is 5.11 Å². The standard InChI is InChI=1S/C22H24O/c1-3-4-5-16-7-11-21-20-9-6-15-14-17(23)8-10-18(15)19(20)12-13-22(16,21)2/h6-10,14,19-21,23H,3,11-13H2,1-2H3/t19?,20?,21?,22-/m1/s1. The van der Waals surface area contributed by atoms with Crippen LogP contribution in [-0.2, 0) is 0 Å². The Bertz CT molecular complexity index is 758. The number of hydrogen-bond acceptors (Lipinski definition) is 1. The molecule has 1 aromatic carbocycles. The topological polar surface area (TPSA) is 20.2 Å². The van der Waals surface area contributed by atoms with Crippen LogP contribution >= 0.6 is 0 Å². The molecule has 1 heteroatoms. The Labute approximate surface area is 139 Å². The summed E-state index contributed by atoms with van der Waals surface area (Å²) in [6, 6.07) is 5.88. The molecule has 1 saturated carbocycles. The van der Waals surface area contributed by atoms with Gasteiger partial charge in [0.1, 0.15) is 5.75 Å². The summed E-state index contributed by atoms with van der Waals surface area (Å²) in [6.45, 7) is 4.55. The zero-order chi connectivity index (χ0) is 16.0. The van der Waals surface area contributed by atoms with Gasteiger partial charge in [0.05, 0.1) is 0 Å². The Hall–Kier alpha value is -1.94. The van der Waals surface area contributed by atoms with Crippen LogP contribution in [0, 0.1) is 29.1 Å². The number of fused-ring (bicyclic) bond motifs is 5. The van der Waals surface area contributed by atoms with E-state index >= 15 is 0 Å². The van der Waals surface area contributed by atoms with Crippen LogP contribution in [0.1, 0.15) is 56.6 Å². The van der Waals surface area contributed by atoms with Crippen LogP contribution in [0.3, 0.4) is 0 Å². The van der Waals surface area contributed by atoms with Crippen molar-refractivity contribution in [3.05, 3.63) is 47.1 Å². The van der Waals surface area contributed by atoms with E-state index in [1.54, 1.807) is 0 Å². The molecule has 3 aliphatic carbocycles. The average Bonchev–Trinajstić information content (AvgIpc) is 2.89. The lowest BCUT2D eigenvalue weighted by molar-refractivity contribution is 0.117. The summed E-state index contributed by atoms with van der Waals surface area (Å²) < 4.78 is 0. The Morgan fingerprint density at radius 1 is 1.35 bits per heavy atom. The quantitative estimate of drug-likeness (QED) is 0.647. The van der Waals surface area contributed by atoms with Crippen molar-refractivity contribution in [1.29, 1.82) is 0 Å². The molecule has 3 aliphatic rings. The van der Waals surface area contributed by atoms with E-state index in [0.29, 0.717) is 23.5 Å². The van der Waals surface area contributed by atoms with Gasteiger partial charge < -0.3 is 5.11 Å². The summed E-state index contributed by atoms with van der Waals surface area (Å²) in [4.78, 5) is 0. The molecule has 0 aromatic heterocycles. The van der Waals surface area contributed by atoms with Gasteiger partial charge in [0.25, 0.3) is 0 Å². The minimum Gasteiger partial charge on any atom is -0.508 e. The molecule has 1 aromatic rings. The highest BCUT2D eigenvalue weighted by molar-refractivity contribution is 5.61. The summed E-state index contributed by atoms with van der Waals surface area (Å²) in [5.74, 6) is 8.96. The van der Waals surface area contributed by atoms with Gasteiger partial charge in [-0.3, -0.25) is 0 Å². The fourth-order valence-corrected chi connectivity index (χ4v) is 5.04. The smallest absolute Gasteiger partial charge is 0.116 e. The van der Waals surface area contributed by atoms with Gasteiger partial charge in [-0.2, -0.15) is 0 Å². The summed E-state index contributed by atoms with van der Waals surface area (Å²) in [6.07, 6.45) is 11.5. The molecule has 1 N–H and O–H groups in total. The van der Waals surface area contributed by atoms with Crippen molar-refractivity contribution >= 4 is 6.08 Å². The van der Waals surface area contributed by atoms with E-state index < -0.39 is 0 Å². The van der Waals surface area contributed by atoms with E-state index in [1.807, 2.05) is 12.1 Å². The SMILES string of the molecule is CCC#CC1=CCC2C3C=Cc4cc(O)ccc4C3CC[C@]12C. The number of rotatable bonds is 0. The highest BCUT2D eigenvalue weighted by atomic mass is 16.3. The Balaban J connectivity index is 1.68. The van der Waals surface area contributed by atoms with E-state index in [2.05, 4.69) is 50.0 Å². The van der Waals surface area contributed by atoms with Crippen LogP contribution in [0.5, 0.6) is 5.75 Å². The normalized spacial score (nSPS) is 33.8. The summed E-state index contributed by atoms with van der Waals surface area (Å²) >= 11 is 0. The fraction of sp³-hybridized carbons (Fsp3) is 0.455. The maximum atomic E-state index is 9.74. The number of aromatic hydroxyl groups is 1. The van der Waals surface area contributed by atoms with Gasteiger partial charge in [-0.05, 0) is 60.3 Å². The highest BCUT2D eigenvalue weighted by Crippen LogP contribution is 2.60. The van der Waals surface area contributed by atoms with Crippen molar-refractivity contribution in [2.24, 2.45) is 17.3 Å². The van der Waals surface area contributed by atoms with Crippen LogP contribution in [0.15, 0.2) is 35.9 Å². The molecule has 0 aliphatic heterocycles. The first-order valence-corrected chi connectivity index (χ1v) is 8.84. The molecular weight excluding hydrogens is 280 g/mol. The Morgan fingerprint density at radius 2 is 2.22 bits per heavy atom. The lowest BCUT2D eigenvalue weighted by Crippen LogP contribution is -2.39. The van der Waals surface area contributed by atoms with Crippen molar-refractivity contribution in [2.45, 2.75) is 45.4 Å². The second kappa shape index (κ2) is 5.31. The van der Waals surface area contributed by atoms with Crippen molar-refractivity contribution in [1.82, 2.24) is 0 Å². The van der Waals surface area contributed by atoms with Gasteiger partial charge in [-0.1, -0.05) is 50.0 Å². The first kappa shape index (κ1) is 14.6. The molecule has 4 atom stereocenters. The lowest BCUT2D eigenvalue weighted by Gasteiger charge is -2.48. The van der Waals surface area contributed by atoms with Crippen molar-refractivity contribution in [2.75, 3.05) is 0 Å². The molecule has 0 heterocycles. The molecule has 4 rings (SSSR count). The Kier molecular flexibility index (Phi) is 3.38. The molecule has 3 unspecified atom stereocenters. The Morgan fingerprint density at radius 3 is 3.04 bits per heavy atom. The van der Waals surface area contributed by atoms with E-state index in [-0.39, 0.29) is 5.41 Å². The first-order valence-electron chi connectivity index (χ1n) is 8.84. The second-order valence-corrected chi connectivity index (χ2v) is 7.43. The summed E-state index contributed by atoms with van der Waals surface area (Å²) in [5, 5.41) is 9.74. The van der Waals surface area contributed by atoms with Crippen molar-refractivity contribution in [3.8, 4) is 17.6 Å². The molecule has 23 heavy (non-hydrogen) atoms. The molecule has 1 fully saturated rings. The van der Waals surface area contributed by atoms with E-state index in [4.69, 9.17) is 0 Å². The maximum absolute atomic E-state index is 9.74. The molecule has 0 saturated heterocycles. The predicted molar refractivity (Wildman–Crippen MR) is 95.0 cm³/mol. The third-order valence-corrected chi connectivity index (χ3v) is 6.28. The van der Waals surface area contributed by atoms with Crippen LogP contribution in [0.25, 0.3) is 6.08 Å². The maximum Gasteiger partial charge on any atom is 0.116 e. The number of benzene rings is 1. The molecule has 1 nitrogen and oxygen atoms in total. The van der Waals surface area contributed by atoms with Gasteiger partial charge in [0.2, 0.25) is 0 Å². The summed E-state index contributed by atoms with van der Waals surface area (Å²) in [5.41, 5.74) is 4.26. The van der Waals surface area contributed by atoms with E-state index in [0.717, 1.165) is 12.8 Å². The first-order chi connectivity index (χ1) is 11.1. The van der Waals surface area contributed by atoms with Gasteiger partial charge in [0, 0.05) is 17.4 Å². The van der Waals surface area contributed by atoms with Crippen molar-refractivity contribution in [3.63, 3.8) is 0 Å². The van der Waals surface area contributed by atoms with Gasteiger partial charge in [-0.15, -0.1) is 0 Å². The zero-order valence-electron chi connectivity index (χ0n) is 14.0. The minimum absolute atomic E-state index is 0.252. The number of phenolic OH excluding ortho intramolecular Hbond substituents is 1. The predicted octanol–water partition coefficient (Wildman–Crippen LogP) is 5.28. The molecule has 0 radical (unpaired) electrons. The lowest BCUT2D eigenvalue weighted by atomic mass is 9.56. The van der Waals surface area contributed by atoms with Gasteiger partial charge in [0.15, 0.2) is 0 Å². The van der Waals surface area contributed by atoms with Crippen molar-refractivity contribution < 1.29 is 5.11 Å². The highest BCUT2D eigenvalue weighted by Gasteiger charge is 2.50. The average molecular weight is 304 g/mol. The van der Waals surface area contributed by atoms with Gasteiger partial charge in [-0.25, -0.2) is 0 Å².